The fraction of sp³-hybridized carbons (Fsp3) is 0.333. The van der Waals surface area contributed by atoms with Gasteiger partial charge < -0.3 is 9.67 Å². The second kappa shape index (κ2) is 6.54. The Morgan fingerprint density at radius 2 is 2.17 bits per heavy atom. The molecule has 0 fully saturated rings. The van der Waals surface area contributed by atoms with Crippen LogP contribution in [0, 0.1) is 5.92 Å². The van der Waals surface area contributed by atoms with Crippen LogP contribution in [0.2, 0.25) is 0 Å². The molecule has 3 aromatic rings. The Balaban J connectivity index is 2.08. The van der Waals surface area contributed by atoms with Gasteiger partial charge in [-0.05, 0) is 41.5 Å². The Morgan fingerprint density at radius 1 is 1.35 bits per heavy atom. The SMILES string of the molecule is CC(C)CCn1c(-c2cccs2)nc2cc(CC(=O)O)ccc21. The molecule has 0 aliphatic rings. The number of imidazole rings is 1. The van der Waals surface area contributed by atoms with E-state index < -0.39 is 5.97 Å². The molecule has 5 heteroatoms. The zero-order chi connectivity index (χ0) is 16.4. The van der Waals surface area contributed by atoms with Crippen LogP contribution < -0.4 is 0 Å². The lowest BCUT2D eigenvalue weighted by atomic mass is 10.1. The minimum atomic E-state index is -0.818. The maximum atomic E-state index is 10.9. The normalized spacial score (nSPS) is 11.4. The van der Waals surface area contributed by atoms with Crippen LogP contribution in [0.4, 0.5) is 0 Å². The summed E-state index contributed by atoms with van der Waals surface area (Å²) >= 11 is 1.68. The van der Waals surface area contributed by atoms with E-state index in [4.69, 9.17) is 10.1 Å². The summed E-state index contributed by atoms with van der Waals surface area (Å²) < 4.78 is 2.26. The van der Waals surface area contributed by atoms with Crippen LogP contribution in [0.15, 0.2) is 35.7 Å². The maximum Gasteiger partial charge on any atom is 0.307 e. The molecule has 0 saturated carbocycles. The van der Waals surface area contributed by atoms with Gasteiger partial charge in [0.05, 0.1) is 22.3 Å². The summed E-state index contributed by atoms with van der Waals surface area (Å²) in [6.45, 7) is 5.35. The number of carboxylic acids is 1. The highest BCUT2D eigenvalue weighted by molar-refractivity contribution is 7.13. The molecule has 0 saturated heterocycles. The summed E-state index contributed by atoms with van der Waals surface area (Å²) in [5.41, 5.74) is 2.73. The fourth-order valence-corrected chi connectivity index (χ4v) is 3.39. The predicted octanol–water partition coefficient (Wildman–Crippen LogP) is 4.44. The first-order valence-electron chi connectivity index (χ1n) is 7.79. The van der Waals surface area contributed by atoms with E-state index in [2.05, 4.69) is 29.9 Å². The van der Waals surface area contributed by atoms with Gasteiger partial charge in [-0.15, -0.1) is 11.3 Å². The van der Waals surface area contributed by atoms with Crippen LogP contribution in [0.25, 0.3) is 21.7 Å². The zero-order valence-corrected chi connectivity index (χ0v) is 14.1. The molecule has 0 aliphatic carbocycles. The van der Waals surface area contributed by atoms with Gasteiger partial charge in [-0.1, -0.05) is 26.0 Å². The third-order valence-electron chi connectivity index (χ3n) is 3.84. The van der Waals surface area contributed by atoms with Crippen molar-refractivity contribution >= 4 is 28.3 Å². The molecule has 1 N–H and O–H groups in total. The highest BCUT2D eigenvalue weighted by Gasteiger charge is 2.14. The van der Waals surface area contributed by atoms with E-state index in [1.807, 2.05) is 24.3 Å². The molecule has 0 spiro atoms. The van der Waals surface area contributed by atoms with E-state index in [0.29, 0.717) is 5.92 Å². The molecule has 0 bridgehead atoms. The molecule has 0 atom stereocenters. The molecule has 1 aromatic carbocycles. The van der Waals surface area contributed by atoms with Gasteiger partial charge in [-0.2, -0.15) is 0 Å². The minimum absolute atomic E-state index is 0.0309. The smallest absolute Gasteiger partial charge is 0.307 e. The van der Waals surface area contributed by atoms with Crippen LogP contribution in [-0.4, -0.2) is 20.6 Å². The maximum absolute atomic E-state index is 10.9. The average molecular weight is 328 g/mol. The van der Waals surface area contributed by atoms with Crippen molar-refractivity contribution < 1.29 is 9.90 Å². The molecule has 23 heavy (non-hydrogen) atoms. The topological polar surface area (TPSA) is 55.1 Å². The summed E-state index contributed by atoms with van der Waals surface area (Å²) in [5.74, 6) is 0.778. The largest absolute Gasteiger partial charge is 0.481 e. The average Bonchev–Trinajstić information content (AvgIpc) is 3.11. The second-order valence-electron chi connectivity index (χ2n) is 6.14. The Hall–Kier alpha value is -2.14. The quantitative estimate of drug-likeness (QED) is 0.728. The first kappa shape index (κ1) is 15.7. The van der Waals surface area contributed by atoms with Crippen molar-refractivity contribution in [1.29, 1.82) is 0 Å². The van der Waals surface area contributed by atoms with Crippen molar-refractivity contribution in [3.63, 3.8) is 0 Å². The van der Waals surface area contributed by atoms with Crippen molar-refractivity contribution in [2.24, 2.45) is 5.92 Å². The number of hydrogen-bond acceptors (Lipinski definition) is 3. The number of aromatic nitrogens is 2. The summed E-state index contributed by atoms with van der Waals surface area (Å²) in [6.07, 6.45) is 1.11. The van der Waals surface area contributed by atoms with Crippen LogP contribution >= 0.6 is 11.3 Å². The lowest BCUT2D eigenvalue weighted by Crippen LogP contribution is -2.03. The van der Waals surface area contributed by atoms with Gasteiger partial charge in [0.15, 0.2) is 5.82 Å². The number of aryl methyl sites for hydroxylation is 1. The molecular formula is C18H20N2O2S. The number of nitrogens with zero attached hydrogens (tertiary/aromatic N) is 2. The van der Waals surface area contributed by atoms with Gasteiger partial charge >= 0.3 is 5.97 Å². The molecule has 4 nitrogen and oxygen atoms in total. The molecular weight excluding hydrogens is 308 g/mol. The summed E-state index contributed by atoms with van der Waals surface area (Å²) in [6, 6.07) is 9.89. The van der Waals surface area contributed by atoms with Gasteiger partial charge in [0.2, 0.25) is 0 Å². The Morgan fingerprint density at radius 3 is 2.83 bits per heavy atom. The third kappa shape index (κ3) is 3.45. The Labute approximate surface area is 139 Å². The van der Waals surface area contributed by atoms with Gasteiger partial charge in [0.25, 0.3) is 0 Å². The van der Waals surface area contributed by atoms with Crippen LogP contribution in [-0.2, 0) is 17.8 Å². The molecule has 120 valence electrons. The van der Waals surface area contributed by atoms with Crippen LogP contribution in [0.1, 0.15) is 25.8 Å². The van der Waals surface area contributed by atoms with E-state index in [1.54, 1.807) is 11.3 Å². The molecule has 2 heterocycles. The first-order valence-corrected chi connectivity index (χ1v) is 8.67. The van der Waals surface area contributed by atoms with E-state index >= 15 is 0 Å². The minimum Gasteiger partial charge on any atom is -0.481 e. The number of aliphatic carboxylic acids is 1. The van der Waals surface area contributed by atoms with E-state index in [1.165, 1.54) is 0 Å². The second-order valence-corrected chi connectivity index (χ2v) is 7.09. The van der Waals surface area contributed by atoms with Crippen molar-refractivity contribution in [2.75, 3.05) is 0 Å². The first-order chi connectivity index (χ1) is 11.0. The Bertz CT molecular complexity index is 819. The number of thiophene rings is 1. The number of carbonyl (C=O) groups is 1. The summed E-state index contributed by atoms with van der Waals surface area (Å²) in [4.78, 5) is 16.8. The van der Waals surface area contributed by atoms with E-state index in [-0.39, 0.29) is 6.42 Å². The standard InChI is InChI=1S/C18H20N2O2S/c1-12(2)7-8-20-15-6-5-13(11-17(21)22)10-14(15)19-18(20)16-4-3-9-23-16/h3-6,9-10,12H,7-8,11H2,1-2H3,(H,21,22). The fourth-order valence-electron chi connectivity index (χ4n) is 2.67. The lowest BCUT2D eigenvalue weighted by molar-refractivity contribution is -0.136. The van der Waals surface area contributed by atoms with Crippen LogP contribution in [0.5, 0.6) is 0 Å². The summed E-state index contributed by atoms with van der Waals surface area (Å²) in [7, 11) is 0. The number of rotatable bonds is 6. The molecule has 2 aromatic heterocycles. The zero-order valence-electron chi connectivity index (χ0n) is 13.3. The molecule has 0 radical (unpaired) electrons. The van der Waals surface area contributed by atoms with Gasteiger partial charge in [0, 0.05) is 6.54 Å². The summed E-state index contributed by atoms with van der Waals surface area (Å²) in [5, 5.41) is 11.0. The van der Waals surface area contributed by atoms with Crippen molar-refractivity contribution in [1.82, 2.24) is 9.55 Å². The molecule has 0 unspecified atom stereocenters. The van der Waals surface area contributed by atoms with Gasteiger partial charge in [-0.3, -0.25) is 4.79 Å². The monoisotopic (exact) mass is 328 g/mol. The van der Waals surface area contributed by atoms with Crippen molar-refractivity contribution in [3.8, 4) is 10.7 Å². The molecule has 3 rings (SSSR count). The lowest BCUT2D eigenvalue weighted by Gasteiger charge is -2.10. The number of benzene rings is 1. The van der Waals surface area contributed by atoms with Gasteiger partial charge in [0.1, 0.15) is 0 Å². The van der Waals surface area contributed by atoms with Crippen molar-refractivity contribution in [3.05, 3.63) is 41.3 Å². The highest BCUT2D eigenvalue weighted by atomic mass is 32.1. The van der Waals surface area contributed by atoms with E-state index in [9.17, 15) is 4.79 Å². The predicted molar refractivity (Wildman–Crippen MR) is 93.8 cm³/mol. The van der Waals surface area contributed by atoms with E-state index in [0.717, 1.165) is 40.3 Å². The number of hydrogen-bond donors (Lipinski definition) is 1. The number of fused-ring (bicyclic) bond motifs is 1. The third-order valence-corrected chi connectivity index (χ3v) is 4.71. The van der Waals surface area contributed by atoms with Crippen molar-refractivity contribution in [2.45, 2.75) is 33.2 Å². The van der Waals surface area contributed by atoms with Gasteiger partial charge in [-0.25, -0.2) is 4.98 Å². The Kier molecular flexibility index (Phi) is 4.48. The van der Waals surface area contributed by atoms with Crippen LogP contribution in [0.3, 0.4) is 0 Å². The molecule has 0 amide bonds. The molecule has 0 aliphatic heterocycles. The highest BCUT2D eigenvalue weighted by Crippen LogP contribution is 2.29. The number of carboxylic acid groups (broad SMARTS) is 1.